The minimum atomic E-state index is -0.233. The smallest absolute Gasteiger partial charge is 0.129 e. The van der Waals surface area contributed by atoms with Gasteiger partial charge < -0.3 is 10.1 Å². The topological polar surface area (TPSA) is 21.3 Å². The highest BCUT2D eigenvalue weighted by Gasteiger charge is 2.04. The molecular weight excluding hydrogens is 253 g/mol. The van der Waals surface area contributed by atoms with E-state index in [1.165, 1.54) is 11.6 Å². The molecule has 2 rings (SSSR count). The normalized spacial score (nSPS) is 10.6. The fourth-order valence-electron chi connectivity index (χ4n) is 1.95. The molecule has 0 fully saturated rings. The highest BCUT2D eigenvalue weighted by Crippen LogP contribution is 2.18. The van der Waals surface area contributed by atoms with Crippen LogP contribution in [-0.2, 0) is 13.2 Å². The third kappa shape index (κ3) is 3.81. The highest BCUT2D eigenvalue weighted by molar-refractivity contribution is 5.30. The van der Waals surface area contributed by atoms with Crippen molar-refractivity contribution < 1.29 is 9.13 Å². The molecule has 0 heterocycles. The molecule has 0 amide bonds. The van der Waals surface area contributed by atoms with Gasteiger partial charge in [0.25, 0.3) is 0 Å². The molecule has 0 bridgehead atoms. The Bertz CT molecular complexity index is 569. The van der Waals surface area contributed by atoms with Gasteiger partial charge in [-0.15, -0.1) is 0 Å². The molecule has 0 spiro atoms. The summed E-state index contributed by atoms with van der Waals surface area (Å²) in [5, 5.41) is 3.30. The lowest BCUT2D eigenvalue weighted by molar-refractivity contribution is 0.303. The number of halogens is 1. The maximum absolute atomic E-state index is 13.5. The van der Waals surface area contributed by atoms with Crippen molar-refractivity contribution >= 4 is 0 Å². The SMILES string of the molecule is CCNCc1ccccc1COc1ccc(C)c(F)c1. The quantitative estimate of drug-likeness (QED) is 0.864. The molecule has 0 aromatic heterocycles. The molecule has 0 aliphatic rings. The van der Waals surface area contributed by atoms with Crippen LogP contribution >= 0.6 is 0 Å². The van der Waals surface area contributed by atoms with Crippen LogP contribution in [0.3, 0.4) is 0 Å². The van der Waals surface area contributed by atoms with Crippen molar-refractivity contribution in [3.63, 3.8) is 0 Å². The van der Waals surface area contributed by atoms with Crippen molar-refractivity contribution in [1.82, 2.24) is 5.32 Å². The molecular formula is C17H20FNO. The van der Waals surface area contributed by atoms with Crippen molar-refractivity contribution in [3.05, 3.63) is 65.0 Å². The van der Waals surface area contributed by atoms with E-state index in [9.17, 15) is 4.39 Å². The Morgan fingerprint density at radius 2 is 1.85 bits per heavy atom. The second-order valence-electron chi connectivity index (χ2n) is 4.75. The maximum atomic E-state index is 13.5. The Labute approximate surface area is 119 Å². The molecule has 3 heteroatoms. The minimum Gasteiger partial charge on any atom is -0.489 e. The number of rotatable bonds is 6. The predicted molar refractivity (Wildman–Crippen MR) is 79.3 cm³/mol. The second kappa shape index (κ2) is 7.06. The number of benzene rings is 2. The van der Waals surface area contributed by atoms with Crippen LogP contribution in [0.2, 0.25) is 0 Å². The molecule has 0 aliphatic carbocycles. The first-order valence-corrected chi connectivity index (χ1v) is 6.87. The molecule has 0 saturated carbocycles. The molecule has 2 aromatic rings. The van der Waals surface area contributed by atoms with E-state index < -0.39 is 0 Å². The van der Waals surface area contributed by atoms with E-state index in [1.54, 1.807) is 19.1 Å². The summed E-state index contributed by atoms with van der Waals surface area (Å²) < 4.78 is 19.1. The minimum absolute atomic E-state index is 0.233. The molecule has 2 nitrogen and oxygen atoms in total. The molecule has 0 unspecified atom stereocenters. The first-order chi connectivity index (χ1) is 9.70. The molecule has 1 N–H and O–H groups in total. The first-order valence-electron chi connectivity index (χ1n) is 6.87. The summed E-state index contributed by atoms with van der Waals surface area (Å²) in [6.45, 7) is 6.01. The fraction of sp³-hybridized carbons (Fsp3) is 0.294. The van der Waals surface area contributed by atoms with Crippen LogP contribution in [0.4, 0.5) is 4.39 Å². The molecule has 106 valence electrons. The van der Waals surface area contributed by atoms with E-state index in [0.29, 0.717) is 17.9 Å². The molecule has 20 heavy (non-hydrogen) atoms. The lowest BCUT2D eigenvalue weighted by Crippen LogP contribution is -2.13. The summed E-state index contributed by atoms with van der Waals surface area (Å²) >= 11 is 0. The average Bonchev–Trinajstić information content (AvgIpc) is 2.47. The van der Waals surface area contributed by atoms with Crippen LogP contribution in [0.5, 0.6) is 5.75 Å². The van der Waals surface area contributed by atoms with Crippen LogP contribution in [-0.4, -0.2) is 6.54 Å². The monoisotopic (exact) mass is 273 g/mol. The van der Waals surface area contributed by atoms with E-state index in [0.717, 1.165) is 18.7 Å². The van der Waals surface area contributed by atoms with Crippen molar-refractivity contribution in [3.8, 4) is 5.75 Å². The zero-order chi connectivity index (χ0) is 14.4. The summed E-state index contributed by atoms with van der Waals surface area (Å²) in [5.74, 6) is 0.329. The lowest BCUT2D eigenvalue weighted by Gasteiger charge is -2.12. The lowest BCUT2D eigenvalue weighted by atomic mass is 10.1. The third-order valence-electron chi connectivity index (χ3n) is 3.22. The molecule has 0 saturated heterocycles. The van der Waals surface area contributed by atoms with Gasteiger partial charge in [0.05, 0.1) is 0 Å². The fourth-order valence-corrected chi connectivity index (χ4v) is 1.95. The average molecular weight is 273 g/mol. The van der Waals surface area contributed by atoms with Gasteiger partial charge in [-0.25, -0.2) is 4.39 Å². The third-order valence-corrected chi connectivity index (χ3v) is 3.22. The summed E-state index contributed by atoms with van der Waals surface area (Å²) in [6.07, 6.45) is 0. The van der Waals surface area contributed by atoms with Crippen molar-refractivity contribution in [1.29, 1.82) is 0 Å². The van der Waals surface area contributed by atoms with Crippen LogP contribution in [0.25, 0.3) is 0 Å². The highest BCUT2D eigenvalue weighted by atomic mass is 19.1. The van der Waals surface area contributed by atoms with Crippen LogP contribution in [0.1, 0.15) is 23.6 Å². The van der Waals surface area contributed by atoms with Crippen LogP contribution in [0, 0.1) is 12.7 Å². The van der Waals surface area contributed by atoms with E-state index >= 15 is 0 Å². The number of hydrogen-bond donors (Lipinski definition) is 1. The molecule has 0 aliphatic heterocycles. The van der Waals surface area contributed by atoms with Crippen LogP contribution in [0.15, 0.2) is 42.5 Å². The Balaban J connectivity index is 2.04. The number of ether oxygens (including phenoxy) is 1. The summed E-state index contributed by atoms with van der Waals surface area (Å²) in [6, 6.07) is 13.1. The zero-order valence-electron chi connectivity index (χ0n) is 11.9. The van der Waals surface area contributed by atoms with Crippen molar-refractivity contribution in [2.75, 3.05) is 6.54 Å². The summed E-state index contributed by atoms with van der Waals surface area (Å²) in [5.41, 5.74) is 2.96. The van der Waals surface area contributed by atoms with Gasteiger partial charge in [0, 0.05) is 12.6 Å². The Morgan fingerprint density at radius 1 is 1.10 bits per heavy atom. The summed E-state index contributed by atoms with van der Waals surface area (Å²) in [4.78, 5) is 0. The number of hydrogen-bond acceptors (Lipinski definition) is 2. The van der Waals surface area contributed by atoms with Crippen LogP contribution < -0.4 is 10.1 Å². The Hall–Kier alpha value is -1.87. The van der Waals surface area contributed by atoms with Crippen molar-refractivity contribution in [2.45, 2.75) is 27.0 Å². The van der Waals surface area contributed by atoms with Gasteiger partial charge in [0.1, 0.15) is 18.2 Å². The van der Waals surface area contributed by atoms with E-state index in [2.05, 4.69) is 18.3 Å². The molecule has 0 atom stereocenters. The van der Waals surface area contributed by atoms with Gasteiger partial charge in [0.2, 0.25) is 0 Å². The standard InChI is InChI=1S/C17H20FNO/c1-3-19-11-14-6-4-5-7-15(14)12-20-16-9-8-13(2)17(18)10-16/h4-10,19H,3,11-12H2,1-2H3. The van der Waals surface area contributed by atoms with Gasteiger partial charge in [0.15, 0.2) is 0 Å². The number of nitrogens with one attached hydrogen (secondary N) is 1. The van der Waals surface area contributed by atoms with E-state index in [-0.39, 0.29) is 5.82 Å². The maximum Gasteiger partial charge on any atom is 0.129 e. The summed E-state index contributed by atoms with van der Waals surface area (Å²) in [7, 11) is 0. The van der Waals surface area contributed by atoms with E-state index in [4.69, 9.17) is 4.74 Å². The van der Waals surface area contributed by atoms with Gasteiger partial charge >= 0.3 is 0 Å². The van der Waals surface area contributed by atoms with Gasteiger partial charge in [-0.05, 0) is 36.2 Å². The van der Waals surface area contributed by atoms with Gasteiger partial charge in [-0.3, -0.25) is 0 Å². The Kier molecular flexibility index (Phi) is 5.13. The van der Waals surface area contributed by atoms with E-state index in [1.807, 2.05) is 18.2 Å². The van der Waals surface area contributed by atoms with Crippen molar-refractivity contribution in [2.24, 2.45) is 0 Å². The first kappa shape index (κ1) is 14.5. The van der Waals surface area contributed by atoms with Gasteiger partial charge in [-0.1, -0.05) is 37.3 Å². The second-order valence-corrected chi connectivity index (χ2v) is 4.75. The Morgan fingerprint density at radius 3 is 2.55 bits per heavy atom. The number of aryl methyl sites for hydroxylation is 1. The zero-order valence-corrected chi connectivity index (χ0v) is 11.9. The van der Waals surface area contributed by atoms with Gasteiger partial charge in [-0.2, -0.15) is 0 Å². The largest absolute Gasteiger partial charge is 0.489 e. The predicted octanol–water partition coefficient (Wildman–Crippen LogP) is 3.82. The molecule has 2 aromatic carbocycles. The molecule has 0 radical (unpaired) electrons.